The average molecular weight is 528 g/mol. The summed E-state index contributed by atoms with van der Waals surface area (Å²) in [7, 11) is 0. The summed E-state index contributed by atoms with van der Waals surface area (Å²) in [6.07, 6.45) is 5.36. The van der Waals surface area contributed by atoms with E-state index in [1.807, 2.05) is 0 Å². The number of hydrogen-bond donors (Lipinski definition) is 0. The number of para-hydroxylation sites is 1. The number of carbonyl (C=O) groups excluding carboxylic acids is 2. The number of alkyl halides is 4. The normalized spacial score (nSPS) is 17.8. The van der Waals surface area contributed by atoms with Gasteiger partial charge in [0.2, 0.25) is 5.84 Å². The molecule has 1 unspecified atom stereocenters. The van der Waals surface area contributed by atoms with Gasteiger partial charge >= 0.3 is 6.03 Å². The molecule has 0 aromatic heterocycles. The minimum absolute atomic E-state index is 0.0145. The van der Waals surface area contributed by atoms with Crippen molar-refractivity contribution in [2.75, 3.05) is 17.3 Å². The SMILES string of the molecule is C#CCCN1C(=O)/C(=N/C(Cl)C(Br)(Br)CCl)N(c2ccccc2F)C1=O. The van der Waals surface area contributed by atoms with Crippen LogP contribution < -0.4 is 4.90 Å². The molecule has 1 aliphatic heterocycles. The van der Waals surface area contributed by atoms with Crippen molar-refractivity contribution in [1.29, 1.82) is 0 Å². The van der Waals surface area contributed by atoms with Crippen LogP contribution in [0.15, 0.2) is 29.3 Å². The summed E-state index contributed by atoms with van der Waals surface area (Å²) >= 11 is 18.5. The van der Waals surface area contributed by atoms with Crippen molar-refractivity contribution < 1.29 is 14.0 Å². The zero-order valence-corrected chi connectivity index (χ0v) is 17.8. The summed E-state index contributed by atoms with van der Waals surface area (Å²) in [5.74, 6) is 0.648. The lowest BCUT2D eigenvalue weighted by atomic mass is 10.3. The van der Waals surface area contributed by atoms with Crippen LogP contribution in [0.4, 0.5) is 14.9 Å². The third kappa shape index (κ3) is 4.22. The van der Waals surface area contributed by atoms with Crippen molar-refractivity contribution in [3.8, 4) is 12.3 Å². The standard InChI is InChI=1S/C16H12Br2Cl2FN3O2/c1-2-3-8-23-13(25)12(22-14(20)16(17,18)9-19)24(15(23)26)11-7-5-4-6-10(11)21/h1,4-7,14H,3,8-9H2/b22-12-. The monoisotopic (exact) mass is 525 g/mol. The van der Waals surface area contributed by atoms with Gasteiger partial charge in [-0.25, -0.2) is 19.1 Å². The van der Waals surface area contributed by atoms with E-state index in [0.29, 0.717) is 0 Å². The molecule has 1 aromatic carbocycles. The maximum Gasteiger partial charge on any atom is 0.337 e. The van der Waals surface area contributed by atoms with Crippen LogP contribution >= 0.6 is 55.1 Å². The summed E-state index contributed by atoms with van der Waals surface area (Å²) in [5.41, 5.74) is -1.18. The Morgan fingerprint density at radius 2 is 2.00 bits per heavy atom. The van der Waals surface area contributed by atoms with Gasteiger partial charge in [0.25, 0.3) is 5.91 Å². The Labute approximate surface area is 176 Å². The van der Waals surface area contributed by atoms with Gasteiger partial charge in [-0.05, 0) is 12.1 Å². The lowest BCUT2D eigenvalue weighted by Crippen LogP contribution is -2.35. The summed E-state index contributed by atoms with van der Waals surface area (Å²) in [6.45, 7) is -0.0195. The maximum atomic E-state index is 14.2. The zero-order valence-electron chi connectivity index (χ0n) is 13.1. The molecule has 3 amide bonds. The van der Waals surface area contributed by atoms with E-state index in [9.17, 15) is 14.0 Å². The van der Waals surface area contributed by atoms with Gasteiger partial charge in [0, 0.05) is 13.0 Å². The first-order valence-corrected chi connectivity index (χ1v) is 9.80. The molecule has 1 aromatic rings. The third-order valence-electron chi connectivity index (χ3n) is 3.41. The lowest BCUT2D eigenvalue weighted by Gasteiger charge is -2.22. The highest BCUT2D eigenvalue weighted by Crippen LogP contribution is 2.37. The van der Waals surface area contributed by atoms with E-state index < -0.39 is 26.5 Å². The van der Waals surface area contributed by atoms with E-state index in [4.69, 9.17) is 29.6 Å². The highest BCUT2D eigenvalue weighted by Gasteiger charge is 2.45. The van der Waals surface area contributed by atoms with Crippen LogP contribution in [0.2, 0.25) is 0 Å². The second-order valence-corrected chi connectivity index (χ2v) is 9.74. The van der Waals surface area contributed by atoms with E-state index >= 15 is 0 Å². The van der Waals surface area contributed by atoms with E-state index in [0.717, 1.165) is 9.80 Å². The lowest BCUT2D eigenvalue weighted by molar-refractivity contribution is -0.120. The van der Waals surface area contributed by atoms with Crippen LogP contribution in [0.3, 0.4) is 0 Å². The fraction of sp³-hybridized carbons (Fsp3) is 0.312. The van der Waals surface area contributed by atoms with Crippen LogP contribution in [0, 0.1) is 18.2 Å². The second kappa shape index (κ2) is 8.70. The number of anilines is 1. The fourth-order valence-electron chi connectivity index (χ4n) is 2.12. The van der Waals surface area contributed by atoms with E-state index in [2.05, 4.69) is 42.8 Å². The second-order valence-electron chi connectivity index (χ2n) is 5.16. The van der Waals surface area contributed by atoms with Crippen molar-refractivity contribution >= 4 is 78.5 Å². The molecule has 5 nitrogen and oxygen atoms in total. The molecule has 10 heteroatoms. The van der Waals surface area contributed by atoms with Crippen molar-refractivity contribution in [3.05, 3.63) is 30.1 Å². The Bertz CT molecular complexity index is 798. The molecule has 1 atom stereocenters. The minimum Gasteiger partial charge on any atom is -0.265 e. The number of urea groups is 1. The topological polar surface area (TPSA) is 53.0 Å². The highest BCUT2D eigenvalue weighted by atomic mass is 79.9. The Kier molecular flexibility index (Phi) is 7.08. The molecule has 0 N–H and O–H groups in total. The number of halogens is 5. The van der Waals surface area contributed by atoms with Crippen molar-refractivity contribution in [1.82, 2.24) is 4.90 Å². The molecule has 0 saturated carbocycles. The molecule has 1 heterocycles. The summed E-state index contributed by atoms with van der Waals surface area (Å²) in [6, 6.07) is 4.78. The van der Waals surface area contributed by atoms with Crippen molar-refractivity contribution in [2.45, 2.75) is 15.2 Å². The van der Waals surface area contributed by atoms with Gasteiger partial charge in [0.1, 0.15) is 9.05 Å². The fourth-order valence-corrected chi connectivity index (χ4v) is 2.72. The molecule has 1 aliphatic rings. The van der Waals surface area contributed by atoms with E-state index in [1.54, 1.807) is 0 Å². The molecule has 0 aliphatic carbocycles. The molecule has 0 radical (unpaired) electrons. The van der Waals surface area contributed by atoms with Crippen LogP contribution in [0.25, 0.3) is 0 Å². The third-order valence-corrected chi connectivity index (χ3v) is 6.90. The van der Waals surface area contributed by atoms with Gasteiger partial charge in [-0.1, -0.05) is 55.6 Å². The van der Waals surface area contributed by atoms with Gasteiger partial charge in [0.15, 0.2) is 5.50 Å². The number of benzene rings is 1. The minimum atomic E-state index is -1.06. The van der Waals surface area contributed by atoms with E-state index in [1.165, 1.54) is 24.3 Å². The largest absolute Gasteiger partial charge is 0.337 e. The molecule has 1 fully saturated rings. The Morgan fingerprint density at radius 1 is 1.35 bits per heavy atom. The molecule has 0 bridgehead atoms. The Morgan fingerprint density at radius 3 is 2.58 bits per heavy atom. The predicted octanol–water partition coefficient (Wildman–Crippen LogP) is 4.31. The first kappa shape index (κ1) is 21.2. The first-order chi connectivity index (χ1) is 12.2. The summed E-state index contributed by atoms with van der Waals surface area (Å²) in [5, 5.41) is 0. The number of amides is 3. The number of imide groups is 1. The van der Waals surface area contributed by atoms with Crippen molar-refractivity contribution in [3.63, 3.8) is 0 Å². The zero-order chi connectivity index (χ0) is 19.5. The number of aliphatic imine (C=N–C) groups is 1. The quantitative estimate of drug-likeness (QED) is 0.240. The molecular formula is C16H12Br2Cl2FN3O2. The maximum absolute atomic E-state index is 14.2. The molecule has 0 spiro atoms. The number of rotatable bonds is 6. The molecule has 2 rings (SSSR count). The van der Waals surface area contributed by atoms with Crippen LogP contribution in [0.5, 0.6) is 0 Å². The van der Waals surface area contributed by atoms with Gasteiger partial charge in [-0.3, -0.25) is 9.69 Å². The van der Waals surface area contributed by atoms with Gasteiger partial charge < -0.3 is 0 Å². The molecule has 138 valence electrons. The number of terminal acetylenes is 1. The Balaban J connectivity index is 2.53. The predicted molar refractivity (Wildman–Crippen MR) is 108 cm³/mol. The van der Waals surface area contributed by atoms with Crippen LogP contribution in [0.1, 0.15) is 6.42 Å². The highest BCUT2D eigenvalue weighted by molar-refractivity contribution is 9.25. The smallest absolute Gasteiger partial charge is 0.265 e. The molecular weight excluding hydrogens is 516 g/mol. The number of nitrogens with zero attached hydrogens (tertiary/aromatic N) is 3. The van der Waals surface area contributed by atoms with Crippen LogP contribution in [-0.4, -0.2) is 43.8 Å². The van der Waals surface area contributed by atoms with Gasteiger partial charge in [0.05, 0.1) is 11.6 Å². The van der Waals surface area contributed by atoms with Crippen molar-refractivity contribution in [2.24, 2.45) is 4.99 Å². The molecule has 26 heavy (non-hydrogen) atoms. The number of carbonyl (C=O) groups is 2. The first-order valence-electron chi connectivity index (χ1n) is 7.24. The number of amidine groups is 1. The van der Waals surface area contributed by atoms with Gasteiger partial charge in [-0.2, -0.15) is 0 Å². The Hall–Kier alpha value is -1.14. The van der Waals surface area contributed by atoms with Crippen LogP contribution in [-0.2, 0) is 4.79 Å². The summed E-state index contributed by atoms with van der Waals surface area (Å²) < 4.78 is 13.2. The average Bonchev–Trinajstić information content (AvgIpc) is 2.84. The summed E-state index contributed by atoms with van der Waals surface area (Å²) in [4.78, 5) is 31.3. The van der Waals surface area contributed by atoms with E-state index in [-0.39, 0.29) is 30.4 Å². The number of hydrogen-bond acceptors (Lipinski definition) is 3. The molecule has 1 saturated heterocycles. The van der Waals surface area contributed by atoms with Gasteiger partial charge in [-0.15, -0.1) is 23.9 Å².